The first kappa shape index (κ1) is 26.0. The molecule has 0 saturated heterocycles. The molecule has 0 bridgehead atoms. The van der Waals surface area contributed by atoms with E-state index in [-0.39, 0.29) is 24.0 Å². The normalized spacial score (nSPS) is 14.3. The monoisotopic (exact) mass is 414 g/mol. The fourth-order valence-corrected chi connectivity index (χ4v) is 6.69. The van der Waals surface area contributed by atoms with Crippen molar-refractivity contribution in [1.29, 1.82) is 0 Å². The van der Waals surface area contributed by atoms with Crippen molar-refractivity contribution in [2.45, 2.75) is 85.0 Å². The number of hydrogen-bond donors (Lipinski definition) is 1. The van der Waals surface area contributed by atoms with E-state index in [0.717, 1.165) is 12.8 Å². The van der Waals surface area contributed by atoms with E-state index in [1.54, 1.807) is 19.4 Å². The van der Waals surface area contributed by atoms with Gasteiger partial charge in [0.1, 0.15) is 5.57 Å². The number of rotatable bonds is 12. The molecule has 27 heavy (non-hydrogen) atoms. The van der Waals surface area contributed by atoms with Crippen molar-refractivity contribution in [2.75, 3.05) is 13.2 Å². The molecular formula is C21H42O4Si2. The van der Waals surface area contributed by atoms with Crippen molar-refractivity contribution in [1.82, 2.24) is 0 Å². The summed E-state index contributed by atoms with van der Waals surface area (Å²) in [6.07, 6.45) is 4.06. The van der Waals surface area contributed by atoms with Gasteiger partial charge in [-0.15, -0.1) is 0 Å². The Hall–Kier alpha value is -1.02. The van der Waals surface area contributed by atoms with E-state index < -0.39 is 22.1 Å². The van der Waals surface area contributed by atoms with Crippen LogP contribution in [0.15, 0.2) is 23.2 Å². The highest BCUT2D eigenvalue weighted by Crippen LogP contribution is 2.27. The maximum absolute atomic E-state index is 12.2. The summed E-state index contributed by atoms with van der Waals surface area (Å²) in [6, 6.07) is 2.47. The van der Waals surface area contributed by atoms with E-state index in [2.05, 4.69) is 45.4 Å². The lowest BCUT2D eigenvalue weighted by Crippen LogP contribution is -2.25. The Balaban J connectivity index is 5.25. The van der Waals surface area contributed by atoms with Crippen LogP contribution in [0.4, 0.5) is 0 Å². The second kappa shape index (κ2) is 11.7. The maximum Gasteiger partial charge on any atom is 0.341 e. The minimum atomic E-state index is -1.17. The summed E-state index contributed by atoms with van der Waals surface area (Å²) in [6.45, 7) is 20.6. The van der Waals surface area contributed by atoms with Crippen molar-refractivity contribution < 1.29 is 19.4 Å². The third-order valence-electron chi connectivity index (χ3n) is 4.05. The standard InChI is InChI=1S/C21H42O4Si2/c1-10-24-20(22)19(21(23)25-11-2)17(3)13-12-14-18(15-26(4,5)6)16-27(7,8)9/h14,17,22H,10-13,15-16H2,1-9H3/b20-19+. The van der Waals surface area contributed by atoms with Gasteiger partial charge in [-0.3, -0.25) is 0 Å². The molecule has 0 radical (unpaired) electrons. The second-order valence-corrected chi connectivity index (χ2v) is 20.6. The third kappa shape index (κ3) is 12.1. The number of aliphatic hydroxyl groups is 1. The summed E-state index contributed by atoms with van der Waals surface area (Å²) in [4.78, 5) is 12.2. The minimum absolute atomic E-state index is 0.119. The summed E-state index contributed by atoms with van der Waals surface area (Å²) in [5.74, 6) is -0.895. The number of ether oxygens (including phenoxy) is 2. The van der Waals surface area contributed by atoms with E-state index in [1.807, 2.05) is 6.92 Å². The fraction of sp³-hybridized carbons (Fsp3) is 0.762. The average Bonchev–Trinajstić information content (AvgIpc) is 2.44. The van der Waals surface area contributed by atoms with Crippen LogP contribution < -0.4 is 0 Å². The molecular weight excluding hydrogens is 372 g/mol. The first-order valence-corrected chi connectivity index (χ1v) is 17.6. The largest absolute Gasteiger partial charge is 0.481 e. The molecule has 0 amide bonds. The topological polar surface area (TPSA) is 55.8 Å². The summed E-state index contributed by atoms with van der Waals surface area (Å²) in [7, 11) is -2.33. The highest BCUT2D eigenvalue weighted by molar-refractivity contribution is 6.78. The zero-order chi connectivity index (χ0) is 21.3. The predicted molar refractivity (Wildman–Crippen MR) is 121 cm³/mol. The van der Waals surface area contributed by atoms with Crippen molar-refractivity contribution in [3.05, 3.63) is 23.2 Å². The van der Waals surface area contributed by atoms with Crippen LogP contribution in [-0.4, -0.2) is 40.4 Å². The lowest BCUT2D eigenvalue weighted by atomic mass is 9.96. The Bertz CT molecular complexity index is 507. The minimum Gasteiger partial charge on any atom is -0.481 e. The molecule has 4 nitrogen and oxygen atoms in total. The van der Waals surface area contributed by atoms with Crippen molar-refractivity contribution in [3.63, 3.8) is 0 Å². The number of carbonyl (C=O) groups is 1. The van der Waals surface area contributed by atoms with Gasteiger partial charge in [0, 0.05) is 16.1 Å². The molecule has 0 aliphatic rings. The Kier molecular flexibility index (Phi) is 11.3. The lowest BCUT2D eigenvalue weighted by Gasteiger charge is -2.24. The first-order valence-electron chi connectivity index (χ1n) is 10.2. The van der Waals surface area contributed by atoms with Gasteiger partial charge in [-0.25, -0.2) is 4.79 Å². The average molecular weight is 415 g/mol. The van der Waals surface area contributed by atoms with Gasteiger partial charge >= 0.3 is 5.97 Å². The van der Waals surface area contributed by atoms with E-state index in [1.165, 1.54) is 12.1 Å². The van der Waals surface area contributed by atoms with Gasteiger partial charge in [0.2, 0.25) is 0 Å². The Morgan fingerprint density at radius 3 is 1.85 bits per heavy atom. The molecule has 0 saturated carbocycles. The molecule has 0 rings (SSSR count). The quantitative estimate of drug-likeness (QED) is 0.132. The van der Waals surface area contributed by atoms with Gasteiger partial charge in [-0.1, -0.05) is 57.9 Å². The van der Waals surface area contributed by atoms with Crippen LogP contribution in [0.3, 0.4) is 0 Å². The van der Waals surface area contributed by atoms with E-state index in [4.69, 9.17) is 9.47 Å². The summed E-state index contributed by atoms with van der Waals surface area (Å²) < 4.78 is 10.3. The van der Waals surface area contributed by atoms with Crippen LogP contribution >= 0.6 is 0 Å². The molecule has 6 heteroatoms. The van der Waals surface area contributed by atoms with Crippen LogP contribution in [0.2, 0.25) is 51.4 Å². The zero-order valence-corrected chi connectivity index (χ0v) is 21.1. The van der Waals surface area contributed by atoms with E-state index in [0.29, 0.717) is 6.61 Å². The Morgan fingerprint density at radius 2 is 1.44 bits per heavy atom. The first-order chi connectivity index (χ1) is 12.3. The number of carbonyl (C=O) groups excluding carboxylic acids is 1. The number of hydrogen-bond acceptors (Lipinski definition) is 4. The number of aliphatic hydroxyl groups excluding tert-OH is 1. The van der Waals surface area contributed by atoms with Crippen LogP contribution in [-0.2, 0) is 14.3 Å². The molecule has 0 aromatic rings. The van der Waals surface area contributed by atoms with Crippen LogP contribution in [0.5, 0.6) is 0 Å². The molecule has 158 valence electrons. The summed E-state index contributed by atoms with van der Waals surface area (Å²) in [5, 5.41) is 10.1. The van der Waals surface area contributed by atoms with Gasteiger partial charge in [-0.2, -0.15) is 0 Å². The van der Waals surface area contributed by atoms with Gasteiger partial charge in [0.15, 0.2) is 0 Å². The molecule has 1 unspecified atom stereocenters. The third-order valence-corrected chi connectivity index (χ3v) is 7.08. The molecule has 0 aromatic heterocycles. The fourth-order valence-electron chi connectivity index (χ4n) is 3.17. The molecule has 0 aliphatic carbocycles. The van der Waals surface area contributed by atoms with E-state index in [9.17, 15) is 9.90 Å². The van der Waals surface area contributed by atoms with Crippen LogP contribution in [0.25, 0.3) is 0 Å². The summed E-state index contributed by atoms with van der Waals surface area (Å²) >= 11 is 0. The lowest BCUT2D eigenvalue weighted by molar-refractivity contribution is -0.139. The smallest absolute Gasteiger partial charge is 0.341 e. The van der Waals surface area contributed by atoms with Gasteiger partial charge in [0.25, 0.3) is 5.95 Å². The zero-order valence-electron chi connectivity index (χ0n) is 19.1. The van der Waals surface area contributed by atoms with Crippen LogP contribution in [0, 0.1) is 5.92 Å². The molecule has 0 heterocycles. The van der Waals surface area contributed by atoms with Crippen molar-refractivity contribution in [2.24, 2.45) is 5.92 Å². The molecule has 0 fully saturated rings. The molecule has 0 aliphatic heterocycles. The molecule has 0 spiro atoms. The second-order valence-electron chi connectivity index (χ2n) is 9.69. The SMILES string of the molecule is CCOC(=O)/C(=C(\O)OCC)C(C)CCC=C(C[Si](C)(C)C)C[Si](C)(C)C. The molecule has 1 N–H and O–H groups in total. The van der Waals surface area contributed by atoms with Gasteiger partial charge in [0.05, 0.1) is 13.2 Å². The van der Waals surface area contributed by atoms with Gasteiger partial charge < -0.3 is 14.6 Å². The highest BCUT2D eigenvalue weighted by atomic mass is 28.3. The summed E-state index contributed by atoms with van der Waals surface area (Å²) in [5.41, 5.74) is 1.83. The van der Waals surface area contributed by atoms with Crippen molar-refractivity contribution in [3.8, 4) is 0 Å². The highest BCUT2D eigenvalue weighted by Gasteiger charge is 2.25. The van der Waals surface area contributed by atoms with E-state index >= 15 is 0 Å². The van der Waals surface area contributed by atoms with Crippen molar-refractivity contribution >= 4 is 22.1 Å². The Morgan fingerprint density at radius 1 is 0.963 bits per heavy atom. The molecule has 0 aromatic carbocycles. The van der Waals surface area contributed by atoms with Gasteiger partial charge in [-0.05, 0) is 44.7 Å². The number of esters is 1. The maximum atomic E-state index is 12.2. The van der Waals surface area contributed by atoms with Crippen LogP contribution in [0.1, 0.15) is 33.6 Å². The Labute approximate surface area is 169 Å². The molecule has 1 atom stereocenters. The number of allylic oxidation sites excluding steroid dienone is 2. The predicted octanol–water partition coefficient (Wildman–Crippen LogP) is 6.37.